The van der Waals surface area contributed by atoms with Crippen molar-refractivity contribution in [1.29, 1.82) is 0 Å². The van der Waals surface area contributed by atoms with E-state index in [2.05, 4.69) is 12.2 Å². The molecule has 1 aliphatic rings. The molecule has 0 saturated carbocycles. The van der Waals surface area contributed by atoms with Gasteiger partial charge in [-0.25, -0.2) is 0 Å². The molecule has 1 aliphatic carbocycles. The number of hydrogen-bond donors (Lipinski definition) is 2. The van der Waals surface area contributed by atoms with Crippen molar-refractivity contribution in [1.82, 2.24) is 0 Å². The van der Waals surface area contributed by atoms with Crippen LogP contribution in [0.1, 0.15) is 59.5 Å². The normalized spacial score (nSPS) is 14.7. The summed E-state index contributed by atoms with van der Waals surface area (Å²) in [6.07, 6.45) is 5.36. The first-order chi connectivity index (χ1) is 13.0. The molecule has 1 aromatic carbocycles. The van der Waals surface area contributed by atoms with Crippen molar-refractivity contribution < 1.29 is 14.3 Å². The Kier molecular flexibility index (Phi) is 6.16. The maximum absolute atomic E-state index is 12.6. The minimum absolute atomic E-state index is 0.284. The van der Waals surface area contributed by atoms with Crippen LogP contribution >= 0.6 is 11.3 Å². The lowest BCUT2D eigenvalue weighted by molar-refractivity contribution is -0.122. The van der Waals surface area contributed by atoms with Gasteiger partial charge < -0.3 is 15.8 Å². The van der Waals surface area contributed by atoms with E-state index in [9.17, 15) is 9.59 Å². The van der Waals surface area contributed by atoms with E-state index in [4.69, 9.17) is 10.5 Å². The third-order valence-corrected chi connectivity index (χ3v) is 6.13. The van der Waals surface area contributed by atoms with Crippen molar-refractivity contribution in [3.8, 4) is 5.75 Å². The Morgan fingerprint density at radius 3 is 2.56 bits per heavy atom. The van der Waals surface area contributed by atoms with Crippen LogP contribution in [-0.2, 0) is 24.1 Å². The lowest BCUT2D eigenvalue weighted by atomic mass is 10.1. The van der Waals surface area contributed by atoms with Gasteiger partial charge in [0.05, 0.1) is 5.56 Å². The summed E-state index contributed by atoms with van der Waals surface area (Å²) >= 11 is 1.47. The van der Waals surface area contributed by atoms with Gasteiger partial charge in [0.1, 0.15) is 10.8 Å². The Balaban J connectivity index is 1.73. The second-order valence-corrected chi connectivity index (χ2v) is 7.98. The smallest absolute Gasteiger partial charge is 0.265 e. The van der Waals surface area contributed by atoms with E-state index in [0.717, 1.165) is 44.1 Å². The van der Waals surface area contributed by atoms with E-state index in [-0.39, 0.29) is 5.91 Å². The average molecular weight is 387 g/mol. The molecule has 0 bridgehead atoms. The van der Waals surface area contributed by atoms with Crippen LogP contribution in [0.3, 0.4) is 0 Å². The van der Waals surface area contributed by atoms with Gasteiger partial charge in [0, 0.05) is 4.88 Å². The van der Waals surface area contributed by atoms with Crippen molar-refractivity contribution in [2.24, 2.45) is 5.73 Å². The van der Waals surface area contributed by atoms with Crippen LogP contribution in [-0.4, -0.2) is 17.9 Å². The topological polar surface area (TPSA) is 81.4 Å². The summed E-state index contributed by atoms with van der Waals surface area (Å²) in [5.74, 6) is -0.117. The molecule has 0 saturated heterocycles. The summed E-state index contributed by atoms with van der Waals surface area (Å²) in [7, 11) is 0. The molecule has 144 valence electrons. The van der Waals surface area contributed by atoms with Crippen LogP contribution in [0.5, 0.6) is 5.75 Å². The zero-order valence-electron chi connectivity index (χ0n) is 15.8. The Bertz CT molecular complexity index is 827. The molecule has 5 nitrogen and oxygen atoms in total. The maximum atomic E-state index is 12.6. The third kappa shape index (κ3) is 4.50. The summed E-state index contributed by atoms with van der Waals surface area (Å²) in [4.78, 5) is 25.8. The number of thiophene rings is 1. The first kappa shape index (κ1) is 19.4. The molecule has 1 heterocycles. The maximum Gasteiger partial charge on any atom is 0.265 e. The minimum Gasteiger partial charge on any atom is -0.481 e. The van der Waals surface area contributed by atoms with Crippen molar-refractivity contribution in [3.63, 3.8) is 0 Å². The molecule has 6 heteroatoms. The second-order valence-electron chi connectivity index (χ2n) is 6.88. The van der Waals surface area contributed by atoms with Crippen molar-refractivity contribution >= 4 is 28.2 Å². The summed E-state index contributed by atoms with van der Waals surface area (Å²) < 4.78 is 5.75. The first-order valence-corrected chi connectivity index (χ1v) is 10.3. The highest BCUT2D eigenvalue weighted by molar-refractivity contribution is 7.17. The fourth-order valence-corrected chi connectivity index (χ4v) is 4.66. The number of fused-ring (bicyclic) bond motifs is 1. The quantitative estimate of drug-likeness (QED) is 0.734. The molecule has 3 N–H and O–H groups in total. The zero-order chi connectivity index (χ0) is 19.4. The van der Waals surface area contributed by atoms with Crippen LogP contribution in [0, 0.1) is 0 Å². The number of carbonyl (C=O) groups excluding carboxylic acids is 2. The van der Waals surface area contributed by atoms with Gasteiger partial charge in [-0.05, 0) is 62.3 Å². The molecule has 0 aliphatic heterocycles. The Morgan fingerprint density at radius 1 is 1.19 bits per heavy atom. The molecule has 0 fully saturated rings. The SMILES string of the molecule is CCc1ccc(O[C@H](C)C(=O)Nc2sc3c(c2C(N)=O)CCCCC3)cc1. The molecule has 1 aromatic heterocycles. The fraction of sp³-hybridized carbons (Fsp3) is 0.429. The summed E-state index contributed by atoms with van der Waals surface area (Å²) in [5, 5.41) is 3.42. The van der Waals surface area contributed by atoms with Gasteiger partial charge in [0.2, 0.25) is 0 Å². The van der Waals surface area contributed by atoms with Gasteiger partial charge in [-0.15, -0.1) is 11.3 Å². The number of primary amides is 1. The number of rotatable bonds is 6. The number of amides is 2. The lowest BCUT2D eigenvalue weighted by Gasteiger charge is -2.15. The molecular weight excluding hydrogens is 360 g/mol. The molecule has 1 atom stereocenters. The van der Waals surface area contributed by atoms with Crippen LogP contribution < -0.4 is 15.8 Å². The first-order valence-electron chi connectivity index (χ1n) is 9.50. The Morgan fingerprint density at radius 2 is 1.89 bits per heavy atom. The van der Waals surface area contributed by atoms with E-state index in [1.165, 1.54) is 21.8 Å². The number of ether oxygens (including phenoxy) is 1. The number of nitrogens with one attached hydrogen (secondary N) is 1. The zero-order valence-corrected chi connectivity index (χ0v) is 16.7. The van der Waals surface area contributed by atoms with E-state index in [1.807, 2.05) is 24.3 Å². The number of anilines is 1. The minimum atomic E-state index is -0.680. The number of hydrogen-bond acceptors (Lipinski definition) is 4. The highest BCUT2D eigenvalue weighted by Gasteiger charge is 2.25. The van der Waals surface area contributed by atoms with Gasteiger partial charge in [-0.3, -0.25) is 9.59 Å². The largest absolute Gasteiger partial charge is 0.481 e. The van der Waals surface area contributed by atoms with Gasteiger partial charge in [-0.2, -0.15) is 0 Å². The number of benzene rings is 1. The second kappa shape index (κ2) is 8.57. The summed E-state index contributed by atoms with van der Waals surface area (Å²) in [5.41, 5.74) is 8.33. The van der Waals surface area contributed by atoms with Crippen LogP contribution in [0.2, 0.25) is 0 Å². The third-order valence-electron chi connectivity index (χ3n) is 4.92. The van der Waals surface area contributed by atoms with Crippen LogP contribution in [0.25, 0.3) is 0 Å². The average Bonchev–Trinajstić information content (AvgIpc) is 2.83. The Labute approximate surface area is 163 Å². The van der Waals surface area contributed by atoms with Crippen molar-refractivity contribution in [2.75, 3.05) is 5.32 Å². The highest BCUT2D eigenvalue weighted by Crippen LogP contribution is 2.37. The number of aryl methyl sites for hydroxylation is 2. The molecule has 0 spiro atoms. The van der Waals surface area contributed by atoms with Crippen molar-refractivity contribution in [2.45, 2.75) is 58.5 Å². The predicted octanol–water partition coefficient (Wildman–Crippen LogP) is 4.08. The van der Waals surface area contributed by atoms with E-state index in [1.54, 1.807) is 6.92 Å². The lowest BCUT2D eigenvalue weighted by Crippen LogP contribution is -2.30. The van der Waals surface area contributed by atoms with Crippen molar-refractivity contribution in [3.05, 3.63) is 45.8 Å². The molecule has 3 rings (SSSR count). The summed E-state index contributed by atoms with van der Waals surface area (Å²) in [6.45, 7) is 3.79. The highest BCUT2D eigenvalue weighted by atomic mass is 32.1. The molecule has 27 heavy (non-hydrogen) atoms. The van der Waals surface area contributed by atoms with Gasteiger partial charge >= 0.3 is 0 Å². The van der Waals surface area contributed by atoms with E-state index in [0.29, 0.717) is 16.3 Å². The van der Waals surface area contributed by atoms with Gasteiger partial charge in [-0.1, -0.05) is 25.5 Å². The van der Waals surface area contributed by atoms with E-state index < -0.39 is 12.0 Å². The molecule has 2 aromatic rings. The van der Waals surface area contributed by atoms with Gasteiger partial charge in [0.15, 0.2) is 6.10 Å². The fourth-order valence-electron chi connectivity index (χ4n) is 3.37. The Hall–Kier alpha value is -2.34. The van der Waals surface area contributed by atoms with Gasteiger partial charge in [0.25, 0.3) is 11.8 Å². The van der Waals surface area contributed by atoms with Crippen LogP contribution in [0.4, 0.5) is 5.00 Å². The van der Waals surface area contributed by atoms with Crippen LogP contribution in [0.15, 0.2) is 24.3 Å². The number of nitrogens with two attached hydrogens (primary N) is 1. The molecule has 2 amide bonds. The standard InChI is InChI=1S/C21H26N2O3S/c1-3-14-9-11-15(12-10-14)26-13(2)20(25)23-21-18(19(22)24)16-7-5-4-6-8-17(16)27-21/h9-13H,3-8H2,1-2H3,(H2,22,24)(H,23,25)/t13-/m1/s1. The predicted molar refractivity (Wildman–Crippen MR) is 109 cm³/mol. The molecular formula is C21H26N2O3S. The summed E-state index contributed by atoms with van der Waals surface area (Å²) in [6, 6.07) is 7.71. The van der Waals surface area contributed by atoms with E-state index >= 15 is 0 Å². The number of carbonyl (C=O) groups is 2. The monoisotopic (exact) mass is 386 g/mol. The molecule has 0 unspecified atom stereocenters. The molecule has 0 radical (unpaired) electrons.